The predicted octanol–water partition coefficient (Wildman–Crippen LogP) is 1.06. The highest BCUT2D eigenvalue weighted by Crippen LogP contribution is 2.27. The molecule has 0 bridgehead atoms. The SMILES string of the molecule is O=C1c2ccncc2C(=O)c2cn(CC3CO3)cc21. The van der Waals surface area contributed by atoms with Crippen molar-refractivity contribution < 1.29 is 14.3 Å². The van der Waals surface area contributed by atoms with Gasteiger partial charge in [0.15, 0.2) is 11.6 Å². The number of nitrogens with zero attached hydrogens (tertiary/aromatic N) is 2. The van der Waals surface area contributed by atoms with E-state index in [0.717, 1.165) is 6.61 Å². The second-order valence-corrected chi connectivity index (χ2v) is 4.82. The van der Waals surface area contributed by atoms with Crippen molar-refractivity contribution in [1.29, 1.82) is 0 Å². The molecule has 1 atom stereocenters. The molecule has 1 unspecified atom stereocenters. The molecule has 2 aliphatic rings. The van der Waals surface area contributed by atoms with E-state index in [1.54, 1.807) is 18.5 Å². The molecule has 5 heteroatoms. The molecular formula is C14H10N2O3. The van der Waals surface area contributed by atoms with Gasteiger partial charge in [-0.05, 0) is 6.07 Å². The first kappa shape index (κ1) is 10.6. The molecule has 1 aliphatic carbocycles. The number of epoxide rings is 1. The molecule has 1 saturated heterocycles. The molecule has 0 saturated carbocycles. The van der Waals surface area contributed by atoms with Gasteiger partial charge in [-0.3, -0.25) is 14.6 Å². The van der Waals surface area contributed by atoms with Gasteiger partial charge >= 0.3 is 0 Å². The third-order valence-corrected chi connectivity index (χ3v) is 3.50. The van der Waals surface area contributed by atoms with E-state index >= 15 is 0 Å². The summed E-state index contributed by atoms with van der Waals surface area (Å²) in [5.41, 5.74) is 1.77. The van der Waals surface area contributed by atoms with Crippen LogP contribution >= 0.6 is 0 Å². The Morgan fingerprint density at radius 1 is 1.16 bits per heavy atom. The Balaban J connectivity index is 1.83. The van der Waals surface area contributed by atoms with Gasteiger partial charge in [0, 0.05) is 30.4 Å². The second-order valence-electron chi connectivity index (χ2n) is 4.82. The molecule has 1 aliphatic heterocycles. The zero-order valence-corrected chi connectivity index (χ0v) is 10.00. The molecule has 94 valence electrons. The van der Waals surface area contributed by atoms with E-state index in [-0.39, 0.29) is 17.7 Å². The topological polar surface area (TPSA) is 64.5 Å². The third-order valence-electron chi connectivity index (χ3n) is 3.50. The monoisotopic (exact) mass is 254 g/mol. The lowest BCUT2D eigenvalue weighted by atomic mass is 9.88. The fourth-order valence-electron chi connectivity index (χ4n) is 2.45. The predicted molar refractivity (Wildman–Crippen MR) is 65.3 cm³/mol. The summed E-state index contributed by atoms with van der Waals surface area (Å²) in [5, 5.41) is 0. The fourth-order valence-corrected chi connectivity index (χ4v) is 2.45. The van der Waals surface area contributed by atoms with Crippen LogP contribution in [0.25, 0.3) is 0 Å². The van der Waals surface area contributed by atoms with Gasteiger partial charge in [-0.1, -0.05) is 0 Å². The van der Waals surface area contributed by atoms with Crippen molar-refractivity contribution in [1.82, 2.24) is 9.55 Å². The van der Waals surface area contributed by atoms with Crippen LogP contribution in [0.4, 0.5) is 0 Å². The van der Waals surface area contributed by atoms with Crippen molar-refractivity contribution in [2.75, 3.05) is 6.61 Å². The minimum Gasteiger partial charge on any atom is -0.371 e. The summed E-state index contributed by atoms with van der Waals surface area (Å²) in [7, 11) is 0. The summed E-state index contributed by atoms with van der Waals surface area (Å²) < 4.78 is 7.02. The van der Waals surface area contributed by atoms with Gasteiger partial charge in [-0.25, -0.2) is 0 Å². The largest absolute Gasteiger partial charge is 0.371 e. The Bertz CT molecular complexity index is 661. The average molecular weight is 254 g/mol. The summed E-state index contributed by atoms with van der Waals surface area (Å²) in [6.07, 6.45) is 6.67. The highest BCUT2D eigenvalue weighted by atomic mass is 16.6. The number of hydrogen-bond donors (Lipinski definition) is 0. The maximum absolute atomic E-state index is 12.3. The van der Waals surface area contributed by atoms with E-state index in [9.17, 15) is 9.59 Å². The zero-order chi connectivity index (χ0) is 13.0. The van der Waals surface area contributed by atoms with E-state index in [4.69, 9.17) is 4.74 Å². The van der Waals surface area contributed by atoms with Crippen molar-refractivity contribution in [3.8, 4) is 0 Å². The Kier molecular flexibility index (Phi) is 2.02. The first-order chi connectivity index (χ1) is 9.24. The van der Waals surface area contributed by atoms with Crippen LogP contribution < -0.4 is 0 Å². The van der Waals surface area contributed by atoms with Crippen LogP contribution in [-0.4, -0.2) is 33.8 Å². The molecule has 2 aromatic heterocycles. The lowest BCUT2D eigenvalue weighted by Crippen LogP contribution is -2.19. The maximum atomic E-state index is 12.3. The number of hydrogen-bond acceptors (Lipinski definition) is 4. The van der Waals surface area contributed by atoms with Gasteiger partial charge in [-0.2, -0.15) is 0 Å². The molecule has 0 N–H and O–H groups in total. The Morgan fingerprint density at radius 3 is 2.53 bits per heavy atom. The lowest BCUT2D eigenvalue weighted by Gasteiger charge is -2.12. The number of ether oxygens (including phenoxy) is 1. The molecule has 0 spiro atoms. The molecule has 5 nitrogen and oxygen atoms in total. The first-order valence-corrected chi connectivity index (χ1v) is 6.09. The minimum absolute atomic E-state index is 0.109. The Morgan fingerprint density at radius 2 is 1.84 bits per heavy atom. The Labute approximate surface area is 108 Å². The van der Waals surface area contributed by atoms with Crippen LogP contribution in [0, 0.1) is 0 Å². The molecule has 3 heterocycles. The number of pyridine rings is 1. The summed E-state index contributed by atoms with van der Waals surface area (Å²) in [5.74, 6) is -0.240. The van der Waals surface area contributed by atoms with E-state index in [1.165, 1.54) is 12.4 Å². The zero-order valence-electron chi connectivity index (χ0n) is 10.00. The second kappa shape index (κ2) is 3.61. The third kappa shape index (κ3) is 1.55. The van der Waals surface area contributed by atoms with Gasteiger partial charge in [0.05, 0.1) is 35.9 Å². The molecule has 19 heavy (non-hydrogen) atoms. The molecule has 0 radical (unpaired) electrons. The molecule has 0 amide bonds. The molecule has 0 aromatic carbocycles. The van der Waals surface area contributed by atoms with E-state index < -0.39 is 0 Å². The van der Waals surface area contributed by atoms with Crippen molar-refractivity contribution in [2.45, 2.75) is 12.6 Å². The van der Waals surface area contributed by atoms with Gasteiger partial charge in [0.25, 0.3) is 0 Å². The van der Waals surface area contributed by atoms with E-state index in [1.807, 2.05) is 4.57 Å². The normalized spacial score (nSPS) is 20.1. The summed E-state index contributed by atoms with van der Waals surface area (Å²) in [6.45, 7) is 1.43. The number of aromatic nitrogens is 2. The van der Waals surface area contributed by atoms with Crippen LogP contribution in [0.3, 0.4) is 0 Å². The quantitative estimate of drug-likeness (QED) is 0.641. The minimum atomic E-state index is -0.131. The average Bonchev–Trinajstić information content (AvgIpc) is 3.13. The number of rotatable bonds is 2. The van der Waals surface area contributed by atoms with Gasteiger partial charge in [0.1, 0.15) is 0 Å². The summed E-state index contributed by atoms with van der Waals surface area (Å²) >= 11 is 0. The molecular weight excluding hydrogens is 244 g/mol. The van der Waals surface area contributed by atoms with E-state index in [2.05, 4.69) is 4.98 Å². The van der Waals surface area contributed by atoms with Crippen molar-refractivity contribution in [3.63, 3.8) is 0 Å². The number of carbonyl (C=O) groups excluding carboxylic acids is 2. The maximum Gasteiger partial charge on any atom is 0.197 e. The fraction of sp³-hybridized carbons (Fsp3) is 0.214. The number of ketones is 2. The molecule has 4 rings (SSSR count). The van der Waals surface area contributed by atoms with Gasteiger partial charge in [-0.15, -0.1) is 0 Å². The first-order valence-electron chi connectivity index (χ1n) is 6.09. The van der Waals surface area contributed by atoms with Crippen molar-refractivity contribution >= 4 is 11.6 Å². The van der Waals surface area contributed by atoms with Crippen LogP contribution in [0.15, 0.2) is 30.9 Å². The lowest BCUT2D eigenvalue weighted by molar-refractivity contribution is 0.0979. The molecule has 1 fully saturated rings. The summed E-state index contributed by atoms with van der Waals surface area (Å²) in [4.78, 5) is 28.6. The van der Waals surface area contributed by atoms with Crippen LogP contribution in [-0.2, 0) is 11.3 Å². The van der Waals surface area contributed by atoms with Crippen molar-refractivity contribution in [2.24, 2.45) is 0 Å². The van der Waals surface area contributed by atoms with Crippen LogP contribution in [0.5, 0.6) is 0 Å². The van der Waals surface area contributed by atoms with Gasteiger partial charge < -0.3 is 9.30 Å². The van der Waals surface area contributed by atoms with Gasteiger partial charge in [0.2, 0.25) is 0 Å². The Hall–Kier alpha value is -2.27. The van der Waals surface area contributed by atoms with E-state index in [0.29, 0.717) is 28.8 Å². The summed E-state index contributed by atoms with van der Waals surface area (Å²) in [6, 6.07) is 1.60. The smallest absolute Gasteiger partial charge is 0.197 e. The van der Waals surface area contributed by atoms with Crippen LogP contribution in [0.1, 0.15) is 31.8 Å². The highest BCUT2D eigenvalue weighted by molar-refractivity contribution is 6.28. The number of fused-ring (bicyclic) bond motifs is 2. The standard InChI is InChI=1S/C14H10N2O3/c17-13-9-1-2-15-3-10(9)14(18)12-6-16(5-11(12)13)4-8-7-19-8/h1-3,5-6,8H,4,7H2. The van der Waals surface area contributed by atoms with Crippen molar-refractivity contribution in [3.05, 3.63) is 53.1 Å². The van der Waals surface area contributed by atoms with Crippen LogP contribution in [0.2, 0.25) is 0 Å². The number of carbonyl (C=O) groups is 2. The highest BCUT2D eigenvalue weighted by Gasteiger charge is 2.32. The molecule has 2 aromatic rings.